The number of rotatable bonds is 4. The monoisotopic (exact) mass is 248 g/mol. The summed E-state index contributed by atoms with van der Waals surface area (Å²) < 4.78 is 10.4. The Bertz CT molecular complexity index is 139. The Labute approximate surface area is 76.1 Å². The molecule has 0 rings (SSSR count). The summed E-state index contributed by atoms with van der Waals surface area (Å²) in [5, 5.41) is 0. The number of nitrogens with two attached hydrogens (primary N) is 2. The van der Waals surface area contributed by atoms with Gasteiger partial charge in [-0.1, -0.05) is 0 Å². The van der Waals surface area contributed by atoms with Crippen LogP contribution < -0.4 is 11.5 Å². The summed E-state index contributed by atoms with van der Waals surface area (Å²) in [4.78, 5) is 16.9. The first kappa shape index (κ1) is 14.1. The molecular weight excluding hydrogens is 235 g/mol. The summed E-state index contributed by atoms with van der Waals surface area (Å²) in [5.41, 5.74) is 10.2. The fraction of sp³-hybridized carbons (Fsp3) is 1.00. The molecule has 0 aliphatic heterocycles. The van der Waals surface area contributed by atoms with Crippen molar-refractivity contribution >= 4 is 24.6 Å². The average Bonchev–Trinajstić information content (AvgIpc) is 1.80. The second kappa shape index (κ2) is 6.11. The Balaban J connectivity index is 0. The number of hydrogen-bond acceptors (Lipinski definition) is 3. The third-order valence-electron chi connectivity index (χ3n) is 1.14. The van der Waals surface area contributed by atoms with Crippen LogP contribution in [0.2, 0.25) is 0 Å². The van der Waals surface area contributed by atoms with Crippen LogP contribution >= 0.6 is 24.6 Å². The second-order valence-corrected chi connectivity index (χ2v) is 3.93. The van der Waals surface area contributed by atoms with E-state index in [1.54, 1.807) is 0 Å². The van der Waals surface area contributed by atoms with Crippen molar-refractivity contribution < 1.29 is 14.4 Å². The Morgan fingerprint density at radius 1 is 1.45 bits per heavy atom. The second-order valence-electron chi connectivity index (χ2n) is 2.09. The van der Waals surface area contributed by atoms with Gasteiger partial charge in [-0.05, 0) is 19.4 Å². The van der Waals surface area contributed by atoms with E-state index in [2.05, 4.69) is 0 Å². The zero-order valence-electron chi connectivity index (χ0n) is 6.01. The molecule has 0 amide bonds. The Kier molecular flexibility index (Phi) is 7.83. The van der Waals surface area contributed by atoms with E-state index in [0.717, 1.165) is 0 Å². The molecule has 5 nitrogen and oxygen atoms in total. The minimum absolute atomic E-state index is 0. The predicted octanol–water partition coefficient (Wildman–Crippen LogP) is -0.234. The molecule has 0 saturated carbocycles. The van der Waals surface area contributed by atoms with Gasteiger partial charge >= 0.3 is 7.60 Å². The van der Waals surface area contributed by atoms with Crippen molar-refractivity contribution in [2.45, 2.75) is 18.6 Å². The first-order chi connectivity index (χ1) is 4.48. The molecule has 0 aromatic heterocycles. The van der Waals surface area contributed by atoms with Crippen LogP contribution in [0.15, 0.2) is 0 Å². The van der Waals surface area contributed by atoms with E-state index in [1.165, 1.54) is 0 Å². The summed E-state index contributed by atoms with van der Waals surface area (Å²) in [6, 6.07) is 0. The van der Waals surface area contributed by atoms with Gasteiger partial charge in [-0.25, -0.2) is 0 Å². The summed E-state index contributed by atoms with van der Waals surface area (Å²) in [7, 11) is -4.06. The SMILES string of the molecule is Br.NCCC[C@H](N)P(=O)(O)O. The quantitative estimate of drug-likeness (QED) is 0.514. The van der Waals surface area contributed by atoms with Crippen molar-refractivity contribution in [3.05, 3.63) is 0 Å². The number of halogens is 1. The third-order valence-corrected chi connectivity index (χ3v) is 2.26. The van der Waals surface area contributed by atoms with Crippen LogP contribution in [0.5, 0.6) is 0 Å². The highest BCUT2D eigenvalue weighted by molar-refractivity contribution is 8.93. The molecule has 11 heavy (non-hydrogen) atoms. The van der Waals surface area contributed by atoms with E-state index in [-0.39, 0.29) is 23.4 Å². The summed E-state index contributed by atoms with van der Waals surface area (Å²) >= 11 is 0. The fourth-order valence-electron chi connectivity index (χ4n) is 0.495. The molecule has 0 heterocycles. The van der Waals surface area contributed by atoms with E-state index in [0.29, 0.717) is 13.0 Å². The Morgan fingerprint density at radius 2 is 1.91 bits per heavy atom. The van der Waals surface area contributed by atoms with E-state index >= 15 is 0 Å². The zero-order chi connectivity index (χ0) is 8.20. The van der Waals surface area contributed by atoms with Crippen LogP contribution in [-0.4, -0.2) is 22.1 Å². The van der Waals surface area contributed by atoms with E-state index in [1.807, 2.05) is 0 Å². The molecule has 0 fully saturated rings. The van der Waals surface area contributed by atoms with Gasteiger partial charge in [-0.15, -0.1) is 17.0 Å². The lowest BCUT2D eigenvalue weighted by Gasteiger charge is -2.11. The molecule has 1 atom stereocenters. The highest BCUT2D eigenvalue weighted by Crippen LogP contribution is 2.39. The Morgan fingerprint density at radius 3 is 2.18 bits per heavy atom. The van der Waals surface area contributed by atoms with Gasteiger partial charge in [0.1, 0.15) is 5.78 Å². The Hall–Kier alpha value is 0.550. The van der Waals surface area contributed by atoms with E-state index < -0.39 is 13.4 Å². The lowest BCUT2D eigenvalue weighted by atomic mass is 10.3. The van der Waals surface area contributed by atoms with Crippen molar-refractivity contribution in [1.82, 2.24) is 0 Å². The maximum absolute atomic E-state index is 10.4. The van der Waals surface area contributed by atoms with Crippen LogP contribution in [-0.2, 0) is 4.57 Å². The predicted molar refractivity (Wildman–Crippen MR) is 48.6 cm³/mol. The average molecular weight is 249 g/mol. The highest BCUT2D eigenvalue weighted by atomic mass is 79.9. The molecular formula is C4H14BrN2O3P. The van der Waals surface area contributed by atoms with Gasteiger partial charge < -0.3 is 21.3 Å². The molecule has 70 valence electrons. The molecule has 0 saturated heterocycles. The summed E-state index contributed by atoms with van der Waals surface area (Å²) in [5.74, 6) is -1.05. The van der Waals surface area contributed by atoms with Crippen LogP contribution in [0.4, 0.5) is 0 Å². The molecule has 0 aromatic carbocycles. The number of hydrogen-bond donors (Lipinski definition) is 4. The molecule has 0 aliphatic carbocycles. The first-order valence-corrected chi connectivity index (χ1v) is 4.67. The van der Waals surface area contributed by atoms with Gasteiger partial charge in [-0.3, -0.25) is 4.57 Å². The largest absolute Gasteiger partial charge is 0.342 e. The van der Waals surface area contributed by atoms with Crippen LogP contribution in [0.3, 0.4) is 0 Å². The maximum Gasteiger partial charge on any atom is 0.342 e. The molecule has 0 aromatic rings. The summed E-state index contributed by atoms with van der Waals surface area (Å²) in [6.45, 7) is 0.410. The van der Waals surface area contributed by atoms with Crippen LogP contribution in [0.1, 0.15) is 12.8 Å². The molecule has 0 radical (unpaired) electrons. The molecule has 0 spiro atoms. The standard InChI is InChI=1S/C4H13N2O3P.BrH/c5-3-1-2-4(6)10(7,8)9;/h4H,1-3,5-6H2,(H2,7,8,9);1H/t4-;/m1./s1. The normalized spacial score (nSPS) is 13.8. The smallest absolute Gasteiger partial charge is 0.330 e. The minimum atomic E-state index is -4.06. The van der Waals surface area contributed by atoms with Crippen molar-refractivity contribution in [3.63, 3.8) is 0 Å². The molecule has 7 heteroatoms. The van der Waals surface area contributed by atoms with Gasteiger partial charge in [-0.2, -0.15) is 0 Å². The molecule has 0 aliphatic rings. The van der Waals surface area contributed by atoms with Crippen LogP contribution in [0, 0.1) is 0 Å². The third kappa shape index (κ3) is 6.93. The van der Waals surface area contributed by atoms with Crippen molar-refractivity contribution in [2.24, 2.45) is 11.5 Å². The minimum Gasteiger partial charge on any atom is -0.330 e. The van der Waals surface area contributed by atoms with Gasteiger partial charge in [0.25, 0.3) is 0 Å². The van der Waals surface area contributed by atoms with Gasteiger partial charge in [0.15, 0.2) is 0 Å². The fourth-order valence-corrected chi connectivity index (χ4v) is 1.01. The lowest BCUT2D eigenvalue weighted by molar-refractivity contribution is 0.354. The first-order valence-electron chi connectivity index (χ1n) is 2.99. The highest BCUT2D eigenvalue weighted by Gasteiger charge is 2.23. The van der Waals surface area contributed by atoms with E-state index in [9.17, 15) is 4.57 Å². The zero-order valence-corrected chi connectivity index (χ0v) is 8.62. The van der Waals surface area contributed by atoms with Crippen LogP contribution in [0.25, 0.3) is 0 Å². The molecule has 0 unspecified atom stereocenters. The van der Waals surface area contributed by atoms with Gasteiger partial charge in [0.05, 0.1) is 0 Å². The van der Waals surface area contributed by atoms with E-state index in [4.69, 9.17) is 21.3 Å². The van der Waals surface area contributed by atoms with Gasteiger partial charge in [0, 0.05) is 0 Å². The van der Waals surface area contributed by atoms with Gasteiger partial charge in [0.2, 0.25) is 0 Å². The topological polar surface area (TPSA) is 110 Å². The van der Waals surface area contributed by atoms with Crippen molar-refractivity contribution in [2.75, 3.05) is 6.54 Å². The maximum atomic E-state index is 10.4. The van der Waals surface area contributed by atoms with Crippen molar-refractivity contribution in [1.29, 1.82) is 0 Å². The lowest BCUT2D eigenvalue weighted by Crippen LogP contribution is -2.20. The molecule has 6 N–H and O–H groups in total. The summed E-state index contributed by atoms with van der Waals surface area (Å²) in [6.07, 6.45) is 0.826. The van der Waals surface area contributed by atoms with Crippen molar-refractivity contribution in [3.8, 4) is 0 Å². The molecule has 0 bridgehead atoms.